The molecular weight excluding hydrogens is 196 g/mol. The van der Waals surface area contributed by atoms with E-state index in [-0.39, 0.29) is 0 Å². The molecule has 84 valence electrons. The van der Waals surface area contributed by atoms with Crippen LogP contribution in [0.25, 0.3) is 10.9 Å². The Morgan fingerprint density at radius 3 is 3.12 bits per heavy atom. The zero-order chi connectivity index (χ0) is 11.0. The van der Waals surface area contributed by atoms with Crippen LogP contribution < -0.4 is 4.90 Å². The molecule has 1 unspecified atom stereocenters. The average molecular weight is 214 g/mol. The fourth-order valence-corrected chi connectivity index (χ4v) is 2.75. The van der Waals surface area contributed by atoms with E-state index >= 15 is 0 Å². The minimum absolute atomic E-state index is 0.822. The van der Waals surface area contributed by atoms with Crippen molar-refractivity contribution in [3.8, 4) is 0 Å². The van der Waals surface area contributed by atoms with Crippen molar-refractivity contribution in [2.75, 3.05) is 18.0 Å². The summed E-state index contributed by atoms with van der Waals surface area (Å²) in [7, 11) is 0. The summed E-state index contributed by atoms with van der Waals surface area (Å²) in [6, 6.07) is 8.72. The molecule has 0 amide bonds. The molecular formula is C14H18N2. The molecule has 1 aliphatic heterocycles. The Bertz CT molecular complexity index is 486. The van der Waals surface area contributed by atoms with Gasteiger partial charge in [-0.3, -0.25) is 0 Å². The topological polar surface area (TPSA) is 19.0 Å². The molecule has 1 aromatic carbocycles. The fraction of sp³-hybridized carbons (Fsp3) is 0.429. The number of hydrogen-bond donors (Lipinski definition) is 1. The molecule has 3 rings (SSSR count). The molecule has 0 spiro atoms. The second kappa shape index (κ2) is 3.85. The maximum atomic E-state index is 3.28. The first kappa shape index (κ1) is 9.76. The van der Waals surface area contributed by atoms with Crippen LogP contribution in [0.3, 0.4) is 0 Å². The Kier molecular flexibility index (Phi) is 2.35. The number of nitrogens with one attached hydrogen (secondary N) is 1. The highest BCUT2D eigenvalue weighted by Crippen LogP contribution is 2.29. The number of piperidine rings is 1. The largest absolute Gasteiger partial charge is 0.371 e. The summed E-state index contributed by atoms with van der Waals surface area (Å²) in [6.45, 7) is 4.75. The first-order chi connectivity index (χ1) is 7.84. The van der Waals surface area contributed by atoms with Gasteiger partial charge in [0, 0.05) is 35.9 Å². The third-order valence-electron chi connectivity index (χ3n) is 3.57. The molecule has 0 radical (unpaired) electrons. The first-order valence-electron chi connectivity index (χ1n) is 6.15. The lowest BCUT2D eigenvalue weighted by atomic mass is 9.99. The van der Waals surface area contributed by atoms with Gasteiger partial charge in [-0.05, 0) is 37.0 Å². The van der Waals surface area contributed by atoms with E-state index in [0.29, 0.717) is 0 Å². The zero-order valence-corrected chi connectivity index (χ0v) is 9.74. The molecule has 0 saturated carbocycles. The molecule has 1 aromatic heterocycles. The summed E-state index contributed by atoms with van der Waals surface area (Å²) < 4.78 is 0. The van der Waals surface area contributed by atoms with E-state index in [0.717, 1.165) is 5.92 Å². The lowest BCUT2D eigenvalue weighted by Gasteiger charge is -2.33. The second-order valence-corrected chi connectivity index (χ2v) is 4.91. The van der Waals surface area contributed by atoms with Gasteiger partial charge in [-0.1, -0.05) is 13.0 Å². The van der Waals surface area contributed by atoms with Crippen molar-refractivity contribution in [2.45, 2.75) is 19.8 Å². The number of aromatic amines is 1. The molecule has 1 fully saturated rings. The minimum Gasteiger partial charge on any atom is -0.371 e. The van der Waals surface area contributed by atoms with Crippen LogP contribution in [0.4, 0.5) is 5.69 Å². The van der Waals surface area contributed by atoms with Crippen molar-refractivity contribution in [2.24, 2.45) is 5.92 Å². The number of rotatable bonds is 1. The predicted molar refractivity (Wildman–Crippen MR) is 68.9 cm³/mol. The quantitative estimate of drug-likeness (QED) is 0.770. The van der Waals surface area contributed by atoms with E-state index < -0.39 is 0 Å². The maximum Gasteiger partial charge on any atom is 0.0474 e. The summed E-state index contributed by atoms with van der Waals surface area (Å²) in [6.07, 6.45) is 4.73. The summed E-state index contributed by atoms with van der Waals surface area (Å²) in [5.41, 5.74) is 2.64. The fourth-order valence-electron chi connectivity index (χ4n) is 2.75. The molecule has 0 bridgehead atoms. The molecule has 1 N–H and O–H groups in total. The van der Waals surface area contributed by atoms with Crippen LogP contribution in [-0.4, -0.2) is 18.1 Å². The monoisotopic (exact) mass is 214 g/mol. The van der Waals surface area contributed by atoms with Crippen molar-refractivity contribution >= 4 is 16.6 Å². The van der Waals surface area contributed by atoms with Crippen LogP contribution in [-0.2, 0) is 0 Å². The highest BCUT2D eigenvalue weighted by atomic mass is 15.1. The SMILES string of the molecule is CC1CCCN(c2cccc3[nH]ccc23)C1. The van der Waals surface area contributed by atoms with Crippen LogP contribution in [0.2, 0.25) is 0 Å². The van der Waals surface area contributed by atoms with Gasteiger partial charge in [-0.25, -0.2) is 0 Å². The lowest BCUT2D eigenvalue weighted by Crippen LogP contribution is -2.34. The number of fused-ring (bicyclic) bond motifs is 1. The number of nitrogens with zero attached hydrogens (tertiary/aromatic N) is 1. The van der Waals surface area contributed by atoms with Gasteiger partial charge in [-0.2, -0.15) is 0 Å². The lowest BCUT2D eigenvalue weighted by molar-refractivity contribution is 0.447. The molecule has 0 aliphatic carbocycles. The van der Waals surface area contributed by atoms with E-state index in [4.69, 9.17) is 0 Å². The highest BCUT2D eigenvalue weighted by molar-refractivity contribution is 5.92. The smallest absolute Gasteiger partial charge is 0.0474 e. The number of benzene rings is 1. The van der Waals surface area contributed by atoms with Gasteiger partial charge in [0.1, 0.15) is 0 Å². The predicted octanol–water partition coefficient (Wildman–Crippen LogP) is 3.40. The van der Waals surface area contributed by atoms with Crippen LogP contribution in [0.5, 0.6) is 0 Å². The summed E-state index contributed by atoms with van der Waals surface area (Å²) in [4.78, 5) is 5.82. The molecule has 16 heavy (non-hydrogen) atoms. The minimum atomic E-state index is 0.822. The number of H-pyrrole nitrogens is 1. The Labute approximate surface area is 96.3 Å². The highest BCUT2D eigenvalue weighted by Gasteiger charge is 2.18. The summed E-state index contributed by atoms with van der Waals surface area (Å²) in [5.74, 6) is 0.822. The third-order valence-corrected chi connectivity index (χ3v) is 3.57. The molecule has 2 heterocycles. The molecule has 1 saturated heterocycles. The number of anilines is 1. The van der Waals surface area contributed by atoms with Crippen molar-refractivity contribution in [3.05, 3.63) is 30.5 Å². The Hall–Kier alpha value is -1.44. The van der Waals surface area contributed by atoms with Gasteiger partial charge in [0.05, 0.1) is 0 Å². The Balaban J connectivity index is 2.01. The molecule has 1 atom stereocenters. The zero-order valence-electron chi connectivity index (χ0n) is 9.74. The maximum absolute atomic E-state index is 3.28. The second-order valence-electron chi connectivity index (χ2n) is 4.91. The van der Waals surface area contributed by atoms with Crippen molar-refractivity contribution in [1.82, 2.24) is 4.98 Å². The number of hydrogen-bond acceptors (Lipinski definition) is 1. The molecule has 2 nitrogen and oxygen atoms in total. The van der Waals surface area contributed by atoms with E-state index in [1.54, 1.807) is 0 Å². The van der Waals surface area contributed by atoms with Crippen molar-refractivity contribution < 1.29 is 0 Å². The summed E-state index contributed by atoms with van der Waals surface area (Å²) >= 11 is 0. The Morgan fingerprint density at radius 1 is 1.31 bits per heavy atom. The standard InChI is InChI=1S/C14H18N2/c1-11-4-3-9-16(10-11)14-6-2-5-13-12(14)7-8-15-13/h2,5-8,11,15H,3-4,9-10H2,1H3. The molecule has 2 aromatic rings. The molecule has 1 aliphatic rings. The van der Waals surface area contributed by atoms with E-state index in [1.807, 2.05) is 6.20 Å². The van der Waals surface area contributed by atoms with Crippen LogP contribution >= 0.6 is 0 Å². The third kappa shape index (κ3) is 1.58. The van der Waals surface area contributed by atoms with Crippen LogP contribution in [0, 0.1) is 5.92 Å². The molecule has 2 heteroatoms. The average Bonchev–Trinajstić information content (AvgIpc) is 2.76. The van der Waals surface area contributed by atoms with Crippen LogP contribution in [0.1, 0.15) is 19.8 Å². The van der Waals surface area contributed by atoms with Crippen molar-refractivity contribution in [3.63, 3.8) is 0 Å². The normalized spacial score (nSPS) is 21.6. The van der Waals surface area contributed by atoms with E-state index in [1.165, 1.54) is 42.5 Å². The van der Waals surface area contributed by atoms with Crippen molar-refractivity contribution in [1.29, 1.82) is 0 Å². The van der Waals surface area contributed by atoms with Gasteiger partial charge >= 0.3 is 0 Å². The van der Waals surface area contributed by atoms with Gasteiger partial charge in [0.25, 0.3) is 0 Å². The van der Waals surface area contributed by atoms with E-state index in [2.05, 4.69) is 41.1 Å². The Morgan fingerprint density at radius 2 is 2.25 bits per heavy atom. The summed E-state index contributed by atoms with van der Waals surface area (Å²) in [5, 5.41) is 1.36. The van der Waals surface area contributed by atoms with Gasteiger partial charge < -0.3 is 9.88 Å². The van der Waals surface area contributed by atoms with E-state index in [9.17, 15) is 0 Å². The first-order valence-corrected chi connectivity index (χ1v) is 6.15. The van der Waals surface area contributed by atoms with Gasteiger partial charge in [0.2, 0.25) is 0 Å². The van der Waals surface area contributed by atoms with Gasteiger partial charge in [-0.15, -0.1) is 0 Å². The number of aromatic nitrogens is 1. The van der Waals surface area contributed by atoms with Crippen LogP contribution in [0.15, 0.2) is 30.5 Å². The van der Waals surface area contributed by atoms with Gasteiger partial charge in [0.15, 0.2) is 0 Å².